The topological polar surface area (TPSA) is 24.9 Å². The van der Waals surface area contributed by atoms with Crippen LogP contribution in [0.2, 0.25) is 0 Å². The number of fused-ring (bicyclic) bond motifs is 1. The van der Waals surface area contributed by atoms with Crippen LogP contribution in [0.1, 0.15) is 36.0 Å². The van der Waals surface area contributed by atoms with Crippen molar-refractivity contribution in [3.63, 3.8) is 0 Å². The minimum absolute atomic E-state index is 0.216. The molecule has 2 nitrogen and oxygen atoms in total. The molecule has 1 heterocycles. The maximum Gasteiger partial charge on any atom is 0.116 e. The molecule has 0 aliphatic carbocycles. The van der Waals surface area contributed by atoms with E-state index in [1.165, 1.54) is 21.5 Å². The zero-order chi connectivity index (χ0) is 14.8. The van der Waals surface area contributed by atoms with Crippen LogP contribution >= 0.6 is 11.3 Å². The minimum Gasteiger partial charge on any atom is -0.376 e. The minimum atomic E-state index is 0.216. The fraction of sp³-hybridized carbons (Fsp3) is 0.278. The van der Waals surface area contributed by atoms with Gasteiger partial charge in [0.1, 0.15) is 5.01 Å². The molecular formula is C18H20N2S. The Morgan fingerprint density at radius 1 is 1.14 bits per heavy atom. The van der Waals surface area contributed by atoms with Gasteiger partial charge in [0.05, 0.1) is 16.3 Å². The Balaban J connectivity index is 1.91. The molecule has 0 saturated carbocycles. The van der Waals surface area contributed by atoms with Gasteiger partial charge in [0.25, 0.3) is 0 Å². The van der Waals surface area contributed by atoms with Crippen LogP contribution in [-0.2, 0) is 6.42 Å². The summed E-state index contributed by atoms with van der Waals surface area (Å²) < 4.78 is 1.25. The summed E-state index contributed by atoms with van der Waals surface area (Å²) in [7, 11) is 0. The van der Waals surface area contributed by atoms with Crippen LogP contribution in [0.4, 0.5) is 5.69 Å². The summed E-state index contributed by atoms with van der Waals surface area (Å²) >= 11 is 1.77. The summed E-state index contributed by atoms with van der Waals surface area (Å²) in [5.74, 6) is 0. The molecule has 0 saturated heterocycles. The van der Waals surface area contributed by atoms with Gasteiger partial charge in [0.2, 0.25) is 0 Å². The lowest BCUT2D eigenvalue weighted by atomic mass is 10.1. The summed E-state index contributed by atoms with van der Waals surface area (Å²) in [6.07, 6.45) is 1.04. The van der Waals surface area contributed by atoms with Crippen molar-refractivity contribution in [1.82, 2.24) is 4.98 Å². The second kappa shape index (κ2) is 5.86. The SMILES string of the molecule is CCc1cccc(C)c1NC(C)c1nc2ccccc2s1. The number of anilines is 1. The number of rotatable bonds is 4. The summed E-state index contributed by atoms with van der Waals surface area (Å²) in [5.41, 5.74) is 5.00. The molecule has 2 aromatic carbocycles. The molecule has 1 aromatic heterocycles. The molecule has 1 atom stereocenters. The van der Waals surface area contributed by atoms with Crippen LogP contribution in [0.15, 0.2) is 42.5 Å². The fourth-order valence-corrected chi connectivity index (χ4v) is 3.55. The largest absolute Gasteiger partial charge is 0.376 e. The number of hydrogen-bond acceptors (Lipinski definition) is 3. The Labute approximate surface area is 129 Å². The summed E-state index contributed by atoms with van der Waals surface area (Å²) in [4.78, 5) is 4.75. The lowest BCUT2D eigenvalue weighted by Crippen LogP contribution is -2.09. The summed E-state index contributed by atoms with van der Waals surface area (Å²) in [6.45, 7) is 6.54. The molecule has 0 fully saturated rings. The van der Waals surface area contributed by atoms with Gasteiger partial charge in [0.15, 0.2) is 0 Å². The average Bonchev–Trinajstić information content (AvgIpc) is 2.93. The number of benzene rings is 2. The lowest BCUT2D eigenvalue weighted by molar-refractivity contribution is 0.867. The van der Waals surface area contributed by atoms with Crippen LogP contribution in [0, 0.1) is 6.92 Å². The third-order valence-electron chi connectivity index (χ3n) is 3.78. The Kier molecular flexibility index (Phi) is 3.93. The van der Waals surface area contributed by atoms with Crippen LogP contribution in [0.25, 0.3) is 10.2 Å². The van der Waals surface area contributed by atoms with Crippen LogP contribution in [0.5, 0.6) is 0 Å². The van der Waals surface area contributed by atoms with Crippen LogP contribution in [0.3, 0.4) is 0 Å². The van der Waals surface area contributed by atoms with E-state index in [1.54, 1.807) is 11.3 Å². The summed E-state index contributed by atoms with van der Waals surface area (Å²) in [5, 5.41) is 4.80. The second-order valence-electron chi connectivity index (χ2n) is 5.35. The van der Waals surface area contributed by atoms with E-state index in [9.17, 15) is 0 Å². The van der Waals surface area contributed by atoms with E-state index in [4.69, 9.17) is 4.98 Å². The molecule has 0 bridgehead atoms. The number of nitrogens with one attached hydrogen (secondary N) is 1. The molecule has 0 amide bonds. The molecule has 3 heteroatoms. The highest BCUT2D eigenvalue weighted by molar-refractivity contribution is 7.18. The van der Waals surface area contributed by atoms with Crippen molar-refractivity contribution in [2.45, 2.75) is 33.2 Å². The van der Waals surface area contributed by atoms with Crippen molar-refractivity contribution in [2.75, 3.05) is 5.32 Å². The lowest BCUT2D eigenvalue weighted by Gasteiger charge is -2.18. The van der Waals surface area contributed by atoms with Gasteiger partial charge in [-0.25, -0.2) is 4.98 Å². The highest BCUT2D eigenvalue weighted by Crippen LogP contribution is 2.30. The van der Waals surface area contributed by atoms with Crippen LogP contribution < -0.4 is 5.32 Å². The number of nitrogens with zero attached hydrogens (tertiary/aromatic N) is 1. The van der Waals surface area contributed by atoms with E-state index in [0.29, 0.717) is 0 Å². The maximum absolute atomic E-state index is 4.75. The van der Waals surface area contributed by atoms with Gasteiger partial charge in [0, 0.05) is 5.69 Å². The van der Waals surface area contributed by atoms with Crippen LogP contribution in [-0.4, -0.2) is 4.98 Å². The first kappa shape index (κ1) is 14.1. The predicted octanol–water partition coefficient (Wildman–Crippen LogP) is 5.34. The van der Waals surface area contributed by atoms with Crippen molar-refractivity contribution < 1.29 is 0 Å². The first-order valence-corrected chi connectivity index (χ1v) is 8.21. The standard InChI is InChI=1S/C18H20N2S/c1-4-14-9-7-8-12(2)17(14)19-13(3)18-20-15-10-5-6-11-16(15)21-18/h5-11,13,19H,4H2,1-3H3. The third kappa shape index (κ3) is 2.79. The van der Waals surface area contributed by atoms with Crippen molar-refractivity contribution in [3.8, 4) is 0 Å². The van der Waals surface area contributed by atoms with Gasteiger partial charge in [-0.05, 0) is 43.5 Å². The first-order chi connectivity index (χ1) is 10.2. The van der Waals surface area contributed by atoms with Crippen molar-refractivity contribution in [2.24, 2.45) is 0 Å². The van der Waals surface area contributed by atoms with E-state index < -0.39 is 0 Å². The molecule has 0 spiro atoms. The zero-order valence-electron chi connectivity index (χ0n) is 12.7. The van der Waals surface area contributed by atoms with E-state index in [0.717, 1.165) is 16.9 Å². The molecular weight excluding hydrogens is 276 g/mol. The monoisotopic (exact) mass is 296 g/mol. The molecule has 108 valence electrons. The second-order valence-corrected chi connectivity index (χ2v) is 6.41. The van der Waals surface area contributed by atoms with E-state index in [1.807, 2.05) is 6.07 Å². The normalized spacial score (nSPS) is 12.5. The first-order valence-electron chi connectivity index (χ1n) is 7.39. The van der Waals surface area contributed by atoms with Crippen molar-refractivity contribution >= 4 is 27.2 Å². The Morgan fingerprint density at radius 2 is 1.95 bits per heavy atom. The Morgan fingerprint density at radius 3 is 2.71 bits per heavy atom. The molecule has 0 aliphatic heterocycles. The van der Waals surface area contributed by atoms with Gasteiger partial charge in [-0.15, -0.1) is 11.3 Å². The van der Waals surface area contributed by atoms with Gasteiger partial charge in [-0.2, -0.15) is 0 Å². The Bertz CT molecular complexity index is 728. The van der Waals surface area contributed by atoms with Crippen molar-refractivity contribution in [1.29, 1.82) is 0 Å². The molecule has 0 aliphatic rings. The smallest absolute Gasteiger partial charge is 0.116 e. The molecule has 21 heavy (non-hydrogen) atoms. The predicted molar refractivity (Wildman–Crippen MR) is 92.2 cm³/mol. The fourth-order valence-electron chi connectivity index (χ4n) is 2.58. The summed E-state index contributed by atoms with van der Waals surface area (Å²) in [6, 6.07) is 15.0. The average molecular weight is 296 g/mol. The van der Waals surface area contributed by atoms with Gasteiger partial charge in [-0.3, -0.25) is 0 Å². The number of aromatic nitrogens is 1. The van der Waals surface area contributed by atoms with Gasteiger partial charge in [-0.1, -0.05) is 37.3 Å². The third-order valence-corrected chi connectivity index (χ3v) is 5.00. The van der Waals surface area contributed by atoms with Gasteiger partial charge >= 0.3 is 0 Å². The highest BCUT2D eigenvalue weighted by Gasteiger charge is 2.13. The molecule has 3 aromatic rings. The molecule has 3 rings (SSSR count). The molecule has 0 radical (unpaired) electrons. The maximum atomic E-state index is 4.75. The quantitative estimate of drug-likeness (QED) is 0.703. The highest BCUT2D eigenvalue weighted by atomic mass is 32.1. The van der Waals surface area contributed by atoms with Gasteiger partial charge < -0.3 is 5.32 Å². The van der Waals surface area contributed by atoms with Crippen molar-refractivity contribution in [3.05, 3.63) is 58.6 Å². The van der Waals surface area contributed by atoms with E-state index >= 15 is 0 Å². The number of thiazole rings is 1. The number of para-hydroxylation sites is 2. The zero-order valence-corrected chi connectivity index (χ0v) is 13.5. The van der Waals surface area contributed by atoms with E-state index in [2.05, 4.69) is 62.5 Å². The molecule has 1 unspecified atom stereocenters. The number of aryl methyl sites for hydroxylation is 2. The number of hydrogen-bond donors (Lipinski definition) is 1. The Hall–Kier alpha value is -1.87. The van der Waals surface area contributed by atoms with E-state index in [-0.39, 0.29) is 6.04 Å². The molecule has 1 N–H and O–H groups in total.